The fraction of sp³-hybridized carbons (Fsp3) is 0.900. The quantitative estimate of drug-likeness (QED) is 0.772. The van der Waals surface area contributed by atoms with E-state index in [4.69, 9.17) is 0 Å². The summed E-state index contributed by atoms with van der Waals surface area (Å²) in [4.78, 5) is 11.6. The molecule has 5 nitrogen and oxygen atoms in total. The summed E-state index contributed by atoms with van der Waals surface area (Å²) in [6.45, 7) is 4.40. The van der Waals surface area contributed by atoms with Gasteiger partial charge in [-0.15, -0.1) is 0 Å². The van der Waals surface area contributed by atoms with Gasteiger partial charge in [0.25, 0.3) is 0 Å². The molecule has 0 bridgehead atoms. The molecule has 94 valence electrons. The maximum absolute atomic E-state index is 11.8. The number of nitrogens with one attached hydrogen (secondary N) is 1. The standard InChI is InChI=1S/C10H20N2O3S/c1-4-7-16(14,15)12-6-5-10(2,8-12)9(13)11-3/h4-8H2,1-3H3,(H,11,13). The predicted molar refractivity (Wildman–Crippen MR) is 62.4 cm³/mol. The average Bonchev–Trinajstić information content (AvgIpc) is 2.62. The second kappa shape index (κ2) is 4.71. The molecule has 1 aliphatic rings. The molecule has 6 heteroatoms. The van der Waals surface area contributed by atoms with Gasteiger partial charge in [-0.2, -0.15) is 0 Å². The van der Waals surface area contributed by atoms with E-state index in [-0.39, 0.29) is 11.7 Å². The van der Waals surface area contributed by atoms with Crippen LogP contribution in [0.1, 0.15) is 26.7 Å². The summed E-state index contributed by atoms with van der Waals surface area (Å²) in [7, 11) is -1.59. The Morgan fingerprint density at radius 2 is 2.12 bits per heavy atom. The number of carbonyl (C=O) groups is 1. The third-order valence-electron chi connectivity index (χ3n) is 3.07. The van der Waals surface area contributed by atoms with Crippen molar-refractivity contribution >= 4 is 15.9 Å². The topological polar surface area (TPSA) is 66.5 Å². The van der Waals surface area contributed by atoms with E-state index < -0.39 is 15.4 Å². The first kappa shape index (κ1) is 13.4. The lowest BCUT2D eigenvalue weighted by atomic mass is 9.89. The summed E-state index contributed by atoms with van der Waals surface area (Å²) in [5.41, 5.74) is -0.574. The number of hydrogen-bond acceptors (Lipinski definition) is 3. The molecule has 0 saturated carbocycles. The van der Waals surface area contributed by atoms with E-state index in [1.165, 1.54) is 4.31 Å². The van der Waals surface area contributed by atoms with Gasteiger partial charge < -0.3 is 5.32 Å². The second-order valence-corrected chi connectivity index (χ2v) is 6.63. The van der Waals surface area contributed by atoms with E-state index in [1.54, 1.807) is 7.05 Å². The van der Waals surface area contributed by atoms with Gasteiger partial charge in [0.05, 0.1) is 11.2 Å². The molecule has 0 spiro atoms. The number of nitrogens with zero attached hydrogens (tertiary/aromatic N) is 1. The van der Waals surface area contributed by atoms with Gasteiger partial charge in [0.2, 0.25) is 15.9 Å². The first-order valence-corrected chi connectivity index (χ1v) is 7.16. The third-order valence-corrected chi connectivity index (χ3v) is 5.09. The van der Waals surface area contributed by atoms with Gasteiger partial charge in [-0.05, 0) is 19.8 Å². The van der Waals surface area contributed by atoms with Gasteiger partial charge in [0.1, 0.15) is 0 Å². The van der Waals surface area contributed by atoms with E-state index in [1.807, 2.05) is 13.8 Å². The number of amides is 1. The highest BCUT2D eigenvalue weighted by molar-refractivity contribution is 7.89. The molecule has 0 aromatic carbocycles. The van der Waals surface area contributed by atoms with Gasteiger partial charge in [0, 0.05) is 20.1 Å². The SMILES string of the molecule is CCCS(=O)(=O)N1CCC(C)(C(=O)NC)C1. The predicted octanol–water partition coefficient (Wildman–Crippen LogP) is 0.184. The zero-order valence-electron chi connectivity index (χ0n) is 10.1. The maximum atomic E-state index is 11.8. The Hall–Kier alpha value is -0.620. The van der Waals surface area contributed by atoms with E-state index in [9.17, 15) is 13.2 Å². The summed E-state index contributed by atoms with van der Waals surface area (Å²) < 4.78 is 25.1. The molecule has 1 saturated heterocycles. The zero-order valence-corrected chi connectivity index (χ0v) is 10.9. The van der Waals surface area contributed by atoms with Gasteiger partial charge in [0.15, 0.2) is 0 Å². The summed E-state index contributed by atoms with van der Waals surface area (Å²) >= 11 is 0. The number of hydrogen-bond donors (Lipinski definition) is 1. The van der Waals surface area contributed by atoms with Crippen molar-refractivity contribution in [2.24, 2.45) is 5.41 Å². The van der Waals surface area contributed by atoms with Crippen LogP contribution in [0.3, 0.4) is 0 Å². The molecule has 0 aromatic heterocycles. The molecule has 0 aliphatic carbocycles. The van der Waals surface area contributed by atoms with Crippen LogP contribution in [0, 0.1) is 5.41 Å². The van der Waals surface area contributed by atoms with Crippen molar-refractivity contribution in [2.75, 3.05) is 25.9 Å². The van der Waals surface area contributed by atoms with Crippen molar-refractivity contribution in [3.63, 3.8) is 0 Å². The molecule has 1 unspecified atom stereocenters. The van der Waals surface area contributed by atoms with E-state index in [2.05, 4.69) is 5.32 Å². The Bertz CT molecular complexity index is 366. The van der Waals surface area contributed by atoms with Crippen LogP contribution in [-0.4, -0.2) is 44.5 Å². The van der Waals surface area contributed by atoms with Crippen molar-refractivity contribution < 1.29 is 13.2 Å². The summed E-state index contributed by atoms with van der Waals surface area (Å²) in [5, 5.41) is 2.59. The maximum Gasteiger partial charge on any atom is 0.227 e. The van der Waals surface area contributed by atoms with Gasteiger partial charge in [-0.25, -0.2) is 12.7 Å². The average molecular weight is 248 g/mol. The van der Waals surface area contributed by atoms with Gasteiger partial charge in [-0.1, -0.05) is 6.92 Å². The van der Waals surface area contributed by atoms with Crippen LogP contribution in [0.15, 0.2) is 0 Å². The Kier molecular flexibility index (Phi) is 3.96. The minimum atomic E-state index is -3.17. The highest BCUT2D eigenvalue weighted by Gasteiger charge is 2.43. The molecule has 0 aromatic rings. The second-order valence-electron chi connectivity index (χ2n) is 4.54. The molecule has 1 aliphatic heterocycles. The van der Waals surface area contributed by atoms with Crippen LogP contribution in [-0.2, 0) is 14.8 Å². The lowest BCUT2D eigenvalue weighted by Crippen LogP contribution is -2.40. The van der Waals surface area contributed by atoms with Crippen molar-refractivity contribution in [3.05, 3.63) is 0 Å². The monoisotopic (exact) mass is 248 g/mol. The zero-order chi connectivity index (χ0) is 12.4. The van der Waals surface area contributed by atoms with E-state index >= 15 is 0 Å². The fourth-order valence-electron chi connectivity index (χ4n) is 2.03. The van der Waals surface area contributed by atoms with Gasteiger partial charge in [-0.3, -0.25) is 4.79 Å². The fourth-order valence-corrected chi connectivity index (χ4v) is 3.66. The lowest BCUT2D eigenvalue weighted by Gasteiger charge is -2.22. The number of carbonyl (C=O) groups excluding carboxylic acids is 1. The Morgan fingerprint density at radius 1 is 1.50 bits per heavy atom. The minimum absolute atomic E-state index is 0.0818. The lowest BCUT2D eigenvalue weighted by molar-refractivity contribution is -0.128. The molecule has 1 atom stereocenters. The number of rotatable bonds is 4. The minimum Gasteiger partial charge on any atom is -0.359 e. The molecular weight excluding hydrogens is 228 g/mol. The van der Waals surface area contributed by atoms with E-state index in [0.29, 0.717) is 25.9 Å². The largest absolute Gasteiger partial charge is 0.359 e. The summed E-state index contributed by atoms with van der Waals surface area (Å²) in [6.07, 6.45) is 1.20. The molecule has 1 fully saturated rings. The normalized spacial score (nSPS) is 26.9. The highest BCUT2D eigenvalue weighted by atomic mass is 32.2. The molecular formula is C10H20N2O3S. The Balaban J connectivity index is 2.76. The molecule has 16 heavy (non-hydrogen) atoms. The summed E-state index contributed by atoms with van der Waals surface area (Å²) in [5.74, 6) is 0.0818. The first-order chi connectivity index (χ1) is 7.35. The molecule has 1 amide bonds. The van der Waals surface area contributed by atoms with Crippen molar-refractivity contribution in [1.29, 1.82) is 0 Å². The van der Waals surface area contributed by atoms with Crippen molar-refractivity contribution in [1.82, 2.24) is 9.62 Å². The van der Waals surface area contributed by atoms with Crippen molar-refractivity contribution in [3.8, 4) is 0 Å². The van der Waals surface area contributed by atoms with E-state index in [0.717, 1.165) is 0 Å². The Labute approximate surface area is 97.2 Å². The highest BCUT2D eigenvalue weighted by Crippen LogP contribution is 2.31. The Morgan fingerprint density at radius 3 is 2.62 bits per heavy atom. The smallest absolute Gasteiger partial charge is 0.227 e. The van der Waals surface area contributed by atoms with Crippen LogP contribution in [0.25, 0.3) is 0 Å². The molecule has 1 rings (SSSR count). The number of sulfonamides is 1. The van der Waals surface area contributed by atoms with Gasteiger partial charge >= 0.3 is 0 Å². The van der Waals surface area contributed by atoms with Crippen LogP contribution in [0.2, 0.25) is 0 Å². The third kappa shape index (κ3) is 2.55. The van der Waals surface area contributed by atoms with Crippen molar-refractivity contribution in [2.45, 2.75) is 26.7 Å². The van der Waals surface area contributed by atoms with Crippen LogP contribution < -0.4 is 5.32 Å². The molecule has 1 heterocycles. The summed E-state index contributed by atoms with van der Waals surface area (Å²) in [6, 6.07) is 0. The molecule has 1 N–H and O–H groups in total. The van der Waals surface area contributed by atoms with Crippen LogP contribution >= 0.6 is 0 Å². The molecule has 0 radical (unpaired) electrons. The van der Waals surface area contributed by atoms with Crippen LogP contribution in [0.4, 0.5) is 0 Å². The van der Waals surface area contributed by atoms with Crippen LogP contribution in [0.5, 0.6) is 0 Å². The first-order valence-electron chi connectivity index (χ1n) is 5.56.